The molecule has 7 heteroatoms. The third-order valence-electron chi connectivity index (χ3n) is 5.96. The van der Waals surface area contributed by atoms with Gasteiger partial charge in [0.05, 0.1) is 11.4 Å². The van der Waals surface area contributed by atoms with Crippen LogP contribution in [0.25, 0.3) is 28.2 Å². The minimum atomic E-state index is -0.310. The molecule has 3 heterocycles. The van der Waals surface area contributed by atoms with Crippen molar-refractivity contribution in [2.45, 2.75) is 6.92 Å². The molecule has 0 bridgehead atoms. The maximum Gasteiger partial charge on any atom is 0.272 e. The Kier molecular flexibility index (Phi) is 5.41. The van der Waals surface area contributed by atoms with Crippen molar-refractivity contribution >= 4 is 11.6 Å². The lowest BCUT2D eigenvalue weighted by atomic mass is 10.1. The Balaban J connectivity index is 1.60. The van der Waals surface area contributed by atoms with Gasteiger partial charge in [-0.1, -0.05) is 37.3 Å². The van der Waals surface area contributed by atoms with Gasteiger partial charge in [0.15, 0.2) is 5.65 Å². The van der Waals surface area contributed by atoms with Crippen LogP contribution in [0, 0.1) is 5.82 Å². The van der Waals surface area contributed by atoms with Gasteiger partial charge in [-0.15, -0.1) is 0 Å². The van der Waals surface area contributed by atoms with E-state index in [0.29, 0.717) is 30.1 Å². The fourth-order valence-corrected chi connectivity index (χ4v) is 4.07. The molecule has 1 amide bonds. The molecule has 32 heavy (non-hydrogen) atoms. The molecule has 5 rings (SSSR count). The van der Waals surface area contributed by atoms with E-state index in [9.17, 15) is 9.18 Å². The van der Waals surface area contributed by atoms with Crippen molar-refractivity contribution in [3.8, 4) is 22.5 Å². The van der Waals surface area contributed by atoms with Gasteiger partial charge in [-0.25, -0.2) is 13.9 Å². The first kappa shape index (κ1) is 20.3. The molecular formula is C25H24FN5O. The quantitative estimate of drug-likeness (QED) is 0.492. The Morgan fingerprint density at radius 3 is 2.28 bits per heavy atom. The van der Waals surface area contributed by atoms with E-state index in [1.54, 1.807) is 22.7 Å². The van der Waals surface area contributed by atoms with Crippen LogP contribution in [-0.2, 0) is 0 Å². The number of piperazine rings is 1. The number of carbonyl (C=O) groups is 1. The molecule has 0 aliphatic carbocycles. The first-order valence-corrected chi connectivity index (χ1v) is 10.9. The van der Waals surface area contributed by atoms with E-state index in [1.165, 1.54) is 12.1 Å². The molecule has 0 unspecified atom stereocenters. The normalized spacial score (nSPS) is 14.8. The van der Waals surface area contributed by atoms with Crippen molar-refractivity contribution in [2.75, 3.05) is 32.7 Å². The van der Waals surface area contributed by atoms with E-state index < -0.39 is 0 Å². The molecule has 1 fully saturated rings. The maximum atomic E-state index is 13.6. The highest BCUT2D eigenvalue weighted by Crippen LogP contribution is 2.25. The highest BCUT2D eigenvalue weighted by molar-refractivity contribution is 5.94. The van der Waals surface area contributed by atoms with Gasteiger partial charge in [-0.2, -0.15) is 5.10 Å². The number of nitrogens with zero attached hydrogens (tertiary/aromatic N) is 5. The predicted molar refractivity (Wildman–Crippen MR) is 122 cm³/mol. The number of aromatic nitrogens is 3. The van der Waals surface area contributed by atoms with Crippen LogP contribution in [0.4, 0.5) is 4.39 Å². The molecule has 0 saturated carbocycles. The molecule has 2 aromatic carbocycles. The van der Waals surface area contributed by atoms with Crippen molar-refractivity contribution in [3.63, 3.8) is 0 Å². The van der Waals surface area contributed by atoms with Gasteiger partial charge in [0.1, 0.15) is 11.5 Å². The fraction of sp³-hybridized carbons (Fsp3) is 0.240. The van der Waals surface area contributed by atoms with Crippen molar-refractivity contribution in [1.82, 2.24) is 24.4 Å². The molecule has 2 aromatic heterocycles. The summed E-state index contributed by atoms with van der Waals surface area (Å²) in [7, 11) is 0. The van der Waals surface area contributed by atoms with Crippen LogP contribution in [0.2, 0.25) is 0 Å². The number of benzene rings is 2. The highest BCUT2D eigenvalue weighted by atomic mass is 19.1. The highest BCUT2D eigenvalue weighted by Gasteiger charge is 2.25. The molecular weight excluding hydrogens is 405 g/mol. The Hall–Kier alpha value is -3.58. The zero-order chi connectivity index (χ0) is 22.1. The van der Waals surface area contributed by atoms with E-state index in [1.807, 2.05) is 41.3 Å². The third kappa shape index (κ3) is 3.87. The summed E-state index contributed by atoms with van der Waals surface area (Å²) < 4.78 is 15.1. The summed E-state index contributed by atoms with van der Waals surface area (Å²) in [5, 5.41) is 4.72. The van der Waals surface area contributed by atoms with E-state index in [4.69, 9.17) is 10.1 Å². The van der Waals surface area contributed by atoms with Crippen LogP contribution < -0.4 is 0 Å². The third-order valence-corrected chi connectivity index (χ3v) is 5.96. The minimum absolute atomic E-state index is 0.0702. The average Bonchev–Trinajstić information content (AvgIpc) is 3.28. The van der Waals surface area contributed by atoms with Crippen LogP contribution >= 0.6 is 0 Å². The molecule has 6 nitrogen and oxygen atoms in total. The summed E-state index contributed by atoms with van der Waals surface area (Å²) in [6.07, 6.45) is 0. The van der Waals surface area contributed by atoms with Crippen LogP contribution in [0.5, 0.6) is 0 Å². The SMILES string of the molecule is CCN1CCN(C(=O)c2cc(-c3ccc(F)cc3)nc3cc(-c4ccccc4)nn23)CC1. The van der Waals surface area contributed by atoms with Gasteiger partial charge in [0.25, 0.3) is 5.91 Å². The average molecular weight is 429 g/mol. The van der Waals surface area contributed by atoms with Crippen molar-refractivity contribution in [3.05, 3.63) is 78.2 Å². The summed E-state index contributed by atoms with van der Waals surface area (Å²) in [5.74, 6) is -0.380. The van der Waals surface area contributed by atoms with Crippen molar-refractivity contribution in [1.29, 1.82) is 0 Å². The number of hydrogen-bond donors (Lipinski definition) is 0. The summed E-state index contributed by atoms with van der Waals surface area (Å²) in [5.41, 5.74) is 4.12. The Labute approximate surface area is 185 Å². The number of amides is 1. The van der Waals surface area contributed by atoms with Crippen LogP contribution in [-0.4, -0.2) is 63.0 Å². The molecule has 1 aliphatic rings. The molecule has 1 saturated heterocycles. The summed E-state index contributed by atoms with van der Waals surface area (Å²) >= 11 is 0. The van der Waals surface area contributed by atoms with Gasteiger partial charge in [0, 0.05) is 43.4 Å². The Bertz CT molecular complexity index is 1240. The van der Waals surface area contributed by atoms with Crippen molar-refractivity contribution < 1.29 is 9.18 Å². The smallest absolute Gasteiger partial charge is 0.272 e. The number of hydrogen-bond acceptors (Lipinski definition) is 4. The zero-order valence-corrected chi connectivity index (χ0v) is 17.9. The zero-order valence-electron chi connectivity index (χ0n) is 17.9. The van der Waals surface area contributed by atoms with E-state index >= 15 is 0 Å². The van der Waals surface area contributed by atoms with E-state index in [-0.39, 0.29) is 11.7 Å². The van der Waals surface area contributed by atoms with E-state index in [0.717, 1.165) is 36.5 Å². The first-order valence-electron chi connectivity index (χ1n) is 10.9. The molecule has 0 spiro atoms. The second-order valence-corrected chi connectivity index (χ2v) is 7.93. The Morgan fingerprint density at radius 2 is 1.59 bits per heavy atom. The second kappa shape index (κ2) is 8.51. The number of halogens is 1. The fourth-order valence-electron chi connectivity index (χ4n) is 4.07. The van der Waals surface area contributed by atoms with E-state index in [2.05, 4.69) is 11.8 Å². The molecule has 0 atom stereocenters. The van der Waals surface area contributed by atoms with Gasteiger partial charge < -0.3 is 9.80 Å². The summed E-state index contributed by atoms with van der Waals surface area (Å²) in [6.45, 7) is 6.18. The predicted octanol–water partition coefficient (Wildman–Crippen LogP) is 3.98. The summed E-state index contributed by atoms with van der Waals surface area (Å²) in [4.78, 5) is 22.5. The number of fused-ring (bicyclic) bond motifs is 1. The molecule has 0 N–H and O–H groups in total. The largest absolute Gasteiger partial charge is 0.335 e. The van der Waals surface area contributed by atoms with Crippen LogP contribution in [0.15, 0.2) is 66.7 Å². The lowest BCUT2D eigenvalue weighted by Gasteiger charge is -2.34. The van der Waals surface area contributed by atoms with Gasteiger partial charge in [-0.05, 0) is 36.9 Å². The molecule has 1 aliphatic heterocycles. The number of likely N-dealkylation sites (N-methyl/N-ethyl adjacent to an activating group) is 1. The van der Waals surface area contributed by atoms with Crippen LogP contribution in [0.1, 0.15) is 17.4 Å². The van der Waals surface area contributed by atoms with Gasteiger partial charge >= 0.3 is 0 Å². The molecule has 4 aromatic rings. The lowest BCUT2D eigenvalue weighted by molar-refractivity contribution is 0.0634. The molecule has 0 radical (unpaired) electrons. The monoisotopic (exact) mass is 429 g/mol. The second-order valence-electron chi connectivity index (χ2n) is 7.93. The topological polar surface area (TPSA) is 53.7 Å². The molecule has 162 valence electrons. The first-order chi connectivity index (χ1) is 15.6. The number of carbonyl (C=O) groups excluding carboxylic acids is 1. The van der Waals surface area contributed by atoms with Gasteiger partial charge in [0.2, 0.25) is 0 Å². The Morgan fingerprint density at radius 1 is 0.906 bits per heavy atom. The minimum Gasteiger partial charge on any atom is -0.335 e. The standard InChI is InChI=1S/C25H24FN5O/c1-2-29-12-14-30(15-13-29)25(32)23-16-21(19-8-10-20(26)11-9-19)27-24-17-22(28-31(23)24)18-6-4-3-5-7-18/h3-11,16-17H,2,12-15H2,1H3. The summed E-state index contributed by atoms with van der Waals surface area (Å²) in [6, 6.07) is 19.6. The van der Waals surface area contributed by atoms with Gasteiger partial charge in [-0.3, -0.25) is 4.79 Å². The lowest BCUT2D eigenvalue weighted by Crippen LogP contribution is -2.48. The number of rotatable bonds is 4. The van der Waals surface area contributed by atoms with Crippen molar-refractivity contribution in [2.24, 2.45) is 0 Å². The van der Waals surface area contributed by atoms with Crippen LogP contribution in [0.3, 0.4) is 0 Å². The maximum absolute atomic E-state index is 13.6.